The Morgan fingerprint density at radius 2 is 0.889 bits per heavy atom. The summed E-state index contributed by atoms with van der Waals surface area (Å²) in [5.74, 6) is 0. The molecule has 8 heteroatoms. The summed E-state index contributed by atoms with van der Waals surface area (Å²) in [4.78, 5) is 0. The first-order chi connectivity index (χ1) is 16.7. The van der Waals surface area contributed by atoms with Crippen molar-refractivity contribution in [2.75, 3.05) is 12.1 Å². The zero-order valence-electron chi connectivity index (χ0n) is 23.8. The fraction of sp³-hybridized carbons (Fsp3) is 0.357. The van der Waals surface area contributed by atoms with E-state index in [0.717, 1.165) is 0 Å². The fourth-order valence-corrected chi connectivity index (χ4v) is 95.4. The van der Waals surface area contributed by atoms with Gasteiger partial charge in [0.25, 0.3) is 0 Å². The monoisotopic (exact) mass is 652 g/mol. The molecule has 0 saturated carbocycles. The number of aryl methyl sites for hydroxylation is 3. The average Bonchev–Trinajstić information content (AvgIpc) is 2.95. The van der Waals surface area contributed by atoms with Crippen LogP contribution in [0.4, 0.5) is 17.1 Å². The molecule has 3 nitrogen and oxygen atoms in total. The number of anilines is 3. The van der Waals surface area contributed by atoms with Crippen LogP contribution >= 0.6 is 0 Å². The van der Waals surface area contributed by atoms with Crippen LogP contribution in [0.1, 0.15) is 16.7 Å². The third-order valence-corrected chi connectivity index (χ3v) is 85.7. The van der Waals surface area contributed by atoms with Crippen LogP contribution in [0, 0.1) is 20.8 Å². The van der Waals surface area contributed by atoms with E-state index in [9.17, 15) is 0 Å². The quantitative estimate of drug-likeness (QED) is 0.267. The Balaban J connectivity index is 1.96. The molecule has 3 aromatic rings. The predicted octanol–water partition coefficient (Wildman–Crippen LogP) is 7.37. The Morgan fingerprint density at radius 1 is 0.583 bits per heavy atom. The first kappa shape index (κ1) is 27.8. The molecule has 1 heterocycles. The van der Waals surface area contributed by atoms with E-state index in [1.807, 2.05) is 0 Å². The Labute approximate surface area is 236 Å². The minimum absolute atomic E-state index is 1.33. The number of benzene rings is 3. The molecule has 2 radical (unpaired) electrons. The number of hydrazine groups is 1. The molecule has 36 heavy (non-hydrogen) atoms. The predicted molar refractivity (Wildman–Crippen MR) is 171 cm³/mol. The molecule has 0 bridgehead atoms. The van der Waals surface area contributed by atoms with E-state index in [2.05, 4.69) is 152 Å². The van der Waals surface area contributed by atoms with Gasteiger partial charge in [0, 0.05) is 0 Å². The average molecular weight is 652 g/mol. The van der Waals surface area contributed by atoms with Gasteiger partial charge in [0.15, 0.2) is 0 Å². The van der Waals surface area contributed by atoms with Crippen LogP contribution in [0.2, 0.25) is 45.8 Å². The Hall–Kier alpha value is -1.27. The summed E-state index contributed by atoms with van der Waals surface area (Å²) in [5, 5.41) is 0. The molecule has 4 rings (SSSR count). The molecule has 0 aliphatic carbocycles. The number of rotatable bonds is 5. The van der Waals surface area contributed by atoms with Gasteiger partial charge in [0.2, 0.25) is 0 Å². The van der Waals surface area contributed by atoms with Gasteiger partial charge < -0.3 is 0 Å². The van der Waals surface area contributed by atoms with E-state index in [4.69, 9.17) is 0 Å². The van der Waals surface area contributed by atoms with Gasteiger partial charge in [-0.3, -0.25) is 0 Å². The van der Waals surface area contributed by atoms with Crippen molar-refractivity contribution in [1.82, 2.24) is 0 Å². The van der Waals surface area contributed by atoms with Gasteiger partial charge >= 0.3 is 238 Å². The second-order valence-corrected chi connectivity index (χ2v) is 52.2. The second-order valence-electron chi connectivity index (χ2n) is 12.3. The van der Waals surface area contributed by atoms with E-state index < -0.39 is 29.9 Å². The maximum absolute atomic E-state index is 2.86. The molecule has 0 atom stereocenters. The van der Waals surface area contributed by atoms with Gasteiger partial charge in [-0.25, -0.2) is 0 Å². The van der Waals surface area contributed by atoms with Crippen LogP contribution in [-0.2, 0) is 0 Å². The molecule has 1 saturated heterocycles. The van der Waals surface area contributed by atoms with Crippen LogP contribution in [-0.4, -0.2) is 52.7 Å². The Bertz CT molecular complexity index is 1160. The van der Waals surface area contributed by atoms with Crippen LogP contribution < -0.4 is 12.1 Å². The molecular weight excluding hydrogens is 609 g/mol. The van der Waals surface area contributed by atoms with E-state index in [1.54, 1.807) is 0 Å². The Kier molecular flexibility index (Phi) is 7.31. The standard InChI is InChI=1S/C28H42N3Si4.Sn/c1-23-11-17-26(18-12-23)29-32(4,5)35(10)33(6,7)30(27-19-13-24(2)14-20-27)31(34(35,8)9)28-21-15-25(3)16-22-28;/h11-22H,1-10H3;/q-1;+2. The molecule has 0 N–H and O–H groups in total. The van der Waals surface area contributed by atoms with Crippen molar-refractivity contribution in [2.24, 2.45) is 0 Å². The van der Waals surface area contributed by atoms with Crippen LogP contribution in [0.25, 0.3) is 0 Å². The van der Waals surface area contributed by atoms with Gasteiger partial charge in [-0.05, 0) is 0 Å². The van der Waals surface area contributed by atoms with Crippen molar-refractivity contribution in [3.8, 4) is 0 Å². The SMILES string of the molecule is Cc1ccc([N]([Sn+])[Si](C)(C)[Si]2(C)[Si](C)(C)N(c3ccc(C)cc3)N(c3ccc(C)cc3)[Si]2(C)C)cc1. The van der Waals surface area contributed by atoms with E-state index in [1.165, 1.54) is 56.6 Å². The molecule has 0 unspecified atom stereocenters. The number of hydrogen-bond donors (Lipinski definition) is 0. The number of hydrogen-bond acceptors (Lipinski definition) is 3. The molecule has 0 spiro atoms. The van der Waals surface area contributed by atoms with Crippen molar-refractivity contribution in [3.05, 3.63) is 89.5 Å². The maximum atomic E-state index is 2.86. The zero-order valence-corrected chi connectivity index (χ0v) is 30.6. The number of nitrogens with zero attached hydrogens (tertiary/aromatic N) is 3. The van der Waals surface area contributed by atoms with Gasteiger partial charge in [-0.2, -0.15) is 0 Å². The topological polar surface area (TPSA) is 9.72 Å². The molecule has 1 aliphatic heterocycles. The van der Waals surface area contributed by atoms with E-state index >= 15 is 0 Å². The van der Waals surface area contributed by atoms with Crippen molar-refractivity contribution in [2.45, 2.75) is 66.6 Å². The molecular formula is C28H42N3Si4Sn+. The minimum atomic E-state index is -1.92. The third kappa shape index (κ3) is 4.09. The van der Waals surface area contributed by atoms with Gasteiger partial charge in [0.05, 0.1) is 0 Å². The van der Waals surface area contributed by atoms with E-state index in [0.29, 0.717) is 0 Å². The molecule has 1 fully saturated rings. The van der Waals surface area contributed by atoms with Crippen molar-refractivity contribution in [3.63, 3.8) is 0 Å². The summed E-state index contributed by atoms with van der Waals surface area (Å²) in [6.07, 6.45) is 0. The molecule has 3 aromatic carbocycles. The summed E-state index contributed by atoms with van der Waals surface area (Å²) in [6.45, 7) is 23.8. The van der Waals surface area contributed by atoms with Crippen LogP contribution in [0.15, 0.2) is 72.8 Å². The van der Waals surface area contributed by atoms with Gasteiger partial charge in [-0.1, -0.05) is 0 Å². The van der Waals surface area contributed by atoms with Gasteiger partial charge in [0.1, 0.15) is 0 Å². The van der Waals surface area contributed by atoms with Gasteiger partial charge in [-0.15, -0.1) is 0 Å². The first-order valence-electron chi connectivity index (χ1n) is 13.0. The second kappa shape index (κ2) is 9.48. The molecule has 188 valence electrons. The van der Waals surface area contributed by atoms with E-state index in [-0.39, 0.29) is 0 Å². The molecule has 1 aliphatic rings. The first-order valence-corrected chi connectivity index (χ1v) is 28.6. The van der Waals surface area contributed by atoms with Crippen molar-refractivity contribution < 1.29 is 0 Å². The molecule has 0 aromatic heterocycles. The van der Waals surface area contributed by atoms with Crippen LogP contribution in [0.5, 0.6) is 0 Å². The summed E-state index contributed by atoms with van der Waals surface area (Å²) in [7, 11) is -5.69. The molecule has 0 amide bonds. The zero-order chi connectivity index (χ0) is 26.7. The fourth-order valence-electron chi connectivity index (χ4n) is 6.66. The van der Waals surface area contributed by atoms with Crippen LogP contribution in [0.3, 0.4) is 0 Å². The van der Waals surface area contributed by atoms with Crippen molar-refractivity contribution in [1.29, 1.82) is 0 Å². The summed E-state index contributed by atoms with van der Waals surface area (Å²) >= 11 is 1.54. The normalized spacial score (nSPS) is 18.4. The third-order valence-electron chi connectivity index (χ3n) is 9.34. The van der Waals surface area contributed by atoms with Crippen molar-refractivity contribution >= 4 is 69.7 Å². The summed E-state index contributed by atoms with van der Waals surface area (Å²) < 4.78 is 8.58. The summed E-state index contributed by atoms with van der Waals surface area (Å²) in [5.41, 5.74) is 8.18. The summed E-state index contributed by atoms with van der Waals surface area (Å²) in [6, 6.07) is 28.0. The Morgan fingerprint density at radius 3 is 1.22 bits per heavy atom.